The van der Waals surface area contributed by atoms with Gasteiger partial charge >= 0.3 is 0 Å². The molecule has 0 bridgehead atoms. The van der Waals surface area contributed by atoms with E-state index in [0.717, 1.165) is 12.8 Å². The minimum Gasteiger partial charge on any atom is -0.391 e. The third-order valence-electron chi connectivity index (χ3n) is 2.17. The van der Waals surface area contributed by atoms with Crippen LogP contribution in [0, 0.1) is 5.92 Å². The van der Waals surface area contributed by atoms with Gasteiger partial charge in [0.25, 0.3) is 0 Å². The molecular weight excluding hydrogens is 126 g/mol. The summed E-state index contributed by atoms with van der Waals surface area (Å²) in [7, 11) is 0. The zero-order valence-electron chi connectivity index (χ0n) is 6.59. The lowest BCUT2D eigenvalue weighted by atomic mass is 10.0. The van der Waals surface area contributed by atoms with Crippen LogP contribution in [0.25, 0.3) is 0 Å². The van der Waals surface area contributed by atoms with Crippen molar-refractivity contribution in [1.29, 1.82) is 0 Å². The molecule has 0 heterocycles. The van der Waals surface area contributed by atoms with Gasteiger partial charge < -0.3 is 10.8 Å². The normalized spacial score (nSPS) is 24.3. The Morgan fingerprint density at radius 2 is 2.20 bits per heavy atom. The molecule has 0 amide bonds. The van der Waals surface area contributed by atoms with E-state index in [9.17, 15) is 5.11 Å². The van der Waals surface area contributed by atoms with Crippen molar-refractivity contribution >= 4 is 0 Å². The lowest BCUT2D eigenvalue weighted by molar-refractivity contribution is 0.118. The van der Waals surface area contributed by atoms with Crippen LogP contribution in [0.3, 0.4) is 0 Å². The predicted octanol–water partition coefficient (Wildman–Crippen LogP) is 0.885. The van der Waals surface area contributed by atoms with Gasteiger partial charge in [-0.3, -0.25) is 0 Å². The highest BCUT2D eigenvalue weighted by molar-refractivity contribution is 4.86. The average Bonchev–Trinajstić information content (AvgIpc) is 2.68. The summed E-state index contributed by atoms with van der Waals surface area (Å²) in [5.41, 5.74) is 5.72. The Kier molecular flexibility index (Phi) is 2.69. The van der Waals surface area contributed by atoms with E-state index in [0.29, 0.717) is 5.92 Å². The molecule has 0 aliphatic heterocycles. The standard InChI is InChI=1S/C8H17NO/c1-2-3-7(9)8(10)6-4-5-6/h6-8,10H,2-5,9H2,1H3/t7-,8-/m1/s1. The van der Waals surface area contributed by atoms with Crippen LogP contribution in [0.2, 0.25) is 0 Å². The van der Waals surface area contributed by atoms with Crippen molar-refractivity contribution in [2.75, 3.05) is 0 Å². The first kappa shape index (κ1) is 8.02. The van der Waals surface area contributed by atoms with Gasteiger partial charge in [0.15, 0.2) is 0 Å². The van der Waals surface area contributed by atoms with Crippen molar-refractivity contribution in [3.8, 4) is 0 Å². The smallest absolute Gasteiger partial charge is 0.0719 e. The first-order valence-electron chi connectivity index (χ1n) is 4.19. The summed E-state index contributed by atoms with van der Waals surface area (Å²) in [6, 6.07) is 0.0255. The summed E-state index contributed by atoms with van der Waals surface area (Å²) in [5, 5.41) is 9.46. The van der Waals surface area contributed by atoms with E-state index < -0.39 is 0 Å². The number of aliphatic hydroxyl groups excluding tert-OH is 1. The van der Waals surface area contributed by atoms with Gasteiger partial charge in [0.05, 0.1) is 6.10 Å². The van der Waals surface area contributed by atoms with Crippen LogP contribution in [0.4, 0.5) is 0 Å². The fourth-order valence-corrected chi connectivity index (χ4v) is 1.29. The number of rotatable bonds is 4. The molecule has 2 atom stereocenters. The molecule has 2 heteroatoms. The first-order valence-corrected chi connectivity index (χ1v) is 4.19. The number of aliphatic hydroxyl groups is 1. The van der Waals surface area contributed by atoms with Crippen LogP contribution in [0.15, 0.2) is 0 Å². The highest BCUT2D eigenvalue weighted by Crippen LogP contribution is 2.34. The quantitative estimate of drug-likeness (QED) is 0.613. The van der Waals surface area contributed by atoms with Crippen LogP contribution in [0.5, 0.6) is 0 Å². The summed E-state index contributed by atoms with van der Waals surface area (Å²) >= 11 is 0. The summed E-state index contributed by atoms with van der Waals surface area (Å²) in [6.07, 6.45) is 4.17. The number of nitrogens with two attached hydrogens (primary N) is 1. The maximum atomic E-state index is 9.46. The van der Waals surface area contributed by atoms with Gasteiger partial charge in [-0.15, -0.1) is 0 Å². The van der Waals surface area contributed by atoms with Gasteiger partial charge in [-0.1, -0.05) is 13.3 Å². The van der Waals surface area contributed by atoms with Crippen LogP contribution < -0.4 is 5.73 Å². The van der Waals surface area contributed by atoms with Gasteiger partial charge in [-0.05, 0) is 25.2 Å². The molecule has 1 fully saturated rings. The van der Waals surface area contributed by atoms with E-state index in [1.54, 1.807) is 0 Å². The van der Waals surface area contributed by atoms with Crippen LogP contribution >= 0.6 is 0 Å². The molecule has 10 heavy (non-hydrogen) atoms. The van der Waals surface area contributed by atoms with Gasteiger partial charge in [-0.2, -0.15) is 0 Å². The van der Waals surface area contributed by atoms with Crippen LogP contribution in [-0.2, 0) is 0 Å². The molecule has 1 aliphatic carbocycles. The Hall–Kier alpha value is -0.0800. The highest BCUT2D eigenvalue weighted by atomic mass is 16.3. The van der Waals surface area contributed by atoms with Crippen molar-refractivity contribution in [2.45, 2.75) is 44.8 Å². The second-order valence-electron chi connectivity index (χ2n) is 3.28. The monoisotopic (exact) mass is 143 g/mol. The van der Waals surface area contributed by atoms with Crippen molar-refractivity contribution in [3.05, 3.63) is 0 Å². The molecule has 60 valence electrons. The van der Waals surface area contributed by atoms with E-state index in [2.05, 4.69) is 6.92 Å². The van der Waals surface area contributed by atoms with E-state index in [-0.39, 0.29) is 12.1 Å². The molecule has 0 unspecified atom stereocenters. The molecule has 1 saturated carbocycles. The van der Waals surface area contributed by atoms with Crippen molar-refractivity contribution in [2.24, 2.45) is 11.7 Å². The molecular formula is C8H17NO. The molecule has 0 spiro atoms. The zero-order valence-corrected chi connectivity index (χ0v) is 6.59. The zero-order chi connectivity index (χ0) is 7.56. The second-order valence-corrected chi connectivity index (χ2v) is 3.28. The second kappa shape index (κ2) is 3.35. The molecule has 0 aromatic heterocycles. The molecule has 3 N–H and O–H groups in total. The minimum absolute atomic E-state index is 0.0255. The fraction of sp³-hybridized carbons (Fsp3) is 1.00. The molecule has 0 aromatic carbocycles. The van der Waals surface area contributed by atoms with Crippen LogP contribution in [-0.4, -0.2) is 17.3 Å². The SMILES string of the molecule is CCC[C@@H](N)[C@H](O)C1CC1. The summed E-state index contributed by atoms with van der Waals surface area (Å²) in [6.45, 7) is 2.10. The number of hydrogen-bond acceptors (Lipinski definition) is 2. The molecule has 0 radical (unpaired) electrons. The molecule has 0 saturated heterocycles. The Balaban J connectivity index is 2.17. The topological polar surface area (TPSA) is 46.2 Å². The first-order chi connectivity index (χ1) is 4.75. The summed E-state index contributed by atoms with van der Waals surface area (Å²) in [4.78, 5) is 0. The minimum atomic E-state index is -0.222. The van der Waals surface area contributed by atoms with Gasteiger partial charge in [-0.25, -0.2) is 0 Å². The largest absolute Gasteiger partial charge is 0.391 e. The van der Waals surface area contributed by atoms with E-state index in [1.165, 1.54) is 12.8 Å². The van der Waals surface area contributed by atoms with Gasteiger partial charge in [0, 0.05) is 6.04 Å². The van der Waals surface area contributed by atoms with Crippen molar-refractivity contribution in [3.63, 3.8) is 0 Å². The average molecular weight is 143 g/mol. The van der Waals surface area contributed by atoms with E-state index in [4.69, 9.17) is 5.73 Å². The highest BCUT2D eigenvalue weighted by Gasteiger charge is 2.32. The van der Waals surface area contributed by atoms with Gasteiger partial charge in [0.2, 0.25) is 0 Å². The Morgan fingerprint density at radius 3 is 2.60 bits per heavy atom. The molecule has 2 nitrogen and oxygen atoms in total. The van der Waals surface area contributed by atoms with E-state index >= 15 is 0 Å². The Bertz CT molecular complexity index is 101. The van der Waals surface area contributed by atoms with Crippen molar-refractivity contribution in [1.82, 2.24) is 0 Å². The van der Waals surface area contributed by atoms with Crippen molar-refractivity contribution < 1.29 is 5.11 Å². The molecule has 1 aliphatic rings. The summed E-state index contributed by atoms with van der Waals surface area (Å²) < 4.78 is 0. The molecule has 0 aromatic rings. The molecule has 1 rings (SSSR count). The third-order valence-corrected chi connectivity index (χ3v) is 2.17. The van der Waals surface area contributed by atoms with E-state index in [1.807, 2.05) is 0 Å². The third kappa shape index (κ3) is 1.96. The maximum Gasteiger partial charge on any atom is 0.0719 e. The van der Waals surface area contributed by atoms with Gasteiger partial charge in [0.1, 0.15) is 0 Å². The predicted molar refractivity (Wildman–Crippen MR) is 41.6 cm³/mol. The van der Waals surface area contributed by atoms with Crippen LogP contribution in [0.1, 0.15) is 32.6 Å². The Morgan fingerprint density at radius 1 is 1.60 bits per heavy atom. The number of hydrogen-bond donors (Lipinski definition) is 2. The summed E-state index contributed by atoms with van der Waals surface area (Å²) in [5.74, 6) is 0.529. The lowest BCUT2D eigenvalue weighted by Gasteiger charge is -2.16. The fourth-order valence-electron chi connectivity index (χ4n) is 1.29. The maximum absolute atomic E-state index is 9.46. The Labute approximate surface area is 62.4 Å². The lowest BCUT2D eigenvalue weighted by Crippen LogP contribution is -2.35.